The lowest BCUT2D eigenvalue weighted by Crippen LogP contribution is -2.18. The van der Waals surface area contributed by atoms with Crippen molar-refractivity contribution in [3.05, 3.63) is 82.9 Å². The Morgan fingerprint density at radius 1 is 1.00 bits per heavy atom. The standard InChI is InChI=1S/C20H15F6N3O/c1-29-10-8-16(28-29)17(30)11-14(12-4-6-13(7-5-12)19(21,22)23)18-15(20(24,25)26)3-2-9-27-18/h2-10,14H,11H2,1H3/t14-/m0/s1. The number of benzene rings is 1. The van der Waals surface area contributed by atoms with E-state index in [0.717, 1.165) is 42.6 Å². The molecule has 0 radical (unpaired) electrons. The van der Waals surface area contributed by atoms with Crippen molar-refractivity contribution >= 4 is 5.78 Å². The first-order valence-electron chi connectivity index (χ1n) is 8.69. The largest absolute Gasteiger partial charge is 0.418 e. The predicted molar refractivity (Wildman–Crippen MR) is 94.7 cm³/mol. The van der Waals surface area contributed by atoms with Gasteiger partial charge in [-0.05, 0) is 35.9 Å². The van der Waals surface area contributed by atoms with Crippen LogP contribution in [-0.4, -0.2) is 20.5 Å². The second-order valence-electron chi connectivity index (χ2n) is 6.61. The average Bonchev–Trinajstić information content (AvgIpc) is 3.11. The Morgan fingerprint density at radius 2 is 1.67 bits per heavy atom. The maximum absolute atomic E-state index is 13.5. The number of aryl methyl sites for hydroxylation is 1. The van der Waals surface area contributed by atoms with Gasteiger partial charge in [-0.15, -0.1) is 0 Å². The van der Waals surface area contributed by atoms with Gasteiger partial charge in [0, 0.05) is 31.8 Å². The number of pyridine rings is 1. The summed E-state index contributed by atoms with van der Waals surface area (Å²) in [5, 5.41) is 3.94. The van der Waals surface area contributed by atoms with E-state index in [2.05, 4.69) is 10.1 Å². The fourth-order valence-electron chi connectivity index (χ4n) is 3.07. The number of hydrogen-bond acceptors (Lipinski definition) is 3. The van der Waals surface area contributed by atoms with Gasteiger partial charge in [0.25, 0.3) is 0 Å². The minimum Gasteiger partial charge on any atom is -0.292 e. The normalized spacial score (nSPS) is 13.3. The Labute approximate surface area is 167 Å². The lowest BCUT2D eigenvalue weighted by molar-refractivity contribution is -0.139. The molecule has 2 heterocycles. The summed E-state index contributed by atoms with van der Waals surface area (Å²) in [5.41, 5.74) is -2.29. The predicted octanol–water partition coefficient (Wildman–Crippen LogP) is 5.26. The number of nitrogens with zero attached hydrogens (tertiary/aromatic N) is 3. The van der Waals surface area contributed by atoms with Gasteiger partial charge in [-0.2, -0.15) is 31.4 Å². The molecule has 0 fully saturated rings. The van der Waals surface area contributed by atoms with Gasteiger partial charge in [0.2, 0.25) is 0 Å². The quantitative estimate of drug-likeness (QED) is 0.412. The zero-order valence-electron chi connectivity index (χ0n) is 15.5. The number of aromatic nitrogens is 3. The Bertz CT molecular complexity index is 1040. The number of ketones is 1. The molecule has 0 aliphatic rings. The van der Waals surface area contributed by atoms with Crippen molar-refractivity contribution in [1.29, 1.82) is 0 Å². The minimum atomic E-state index is -4.75. The summed E-state index contributed by atoms with van der Waals surface area (Å²) >= 11 is 0. The number of rotatable bonds is 5. The first-order chi connectivity index (χ1) is 14.0. The fraction of sp³-hybridized carbons (Fsp3) is 0.250. The van der Waals surface area contributed by atoms with Crippen molar-refractivity contribution in [2.75, 3.05) is 0 Å². The molecule has 3 rings (SSSR count). The molecule has 4 nitrogen and oxygen atoms in total. The van der Waals surface area contributed by atoms with Gasteiger partial charge in [0.15, 0.2) is 5.78 Å². The summed E-state index contributed by atoms with van der Waals surface area (Å²) in [7, 11) is 1.57. The number of Topliss-reactive ketones (excluding diaryl/α,β-unsaturated/α-hetero) is 1. The van der Waals surface area contributed by atoms with E-state index in [4.69, 9.17) is 0 Å². The molecule has 0 saturated carbocycles. The lowest BCUT2D eigenvalue weighted by atomic mass is 9.87. The summed E-state index contributed by atoms with van der Waals surface area (Å²) in [6.45, 7) is 0. The van der Waals surface area contributed by atoms with Gasteiger partial charge in [0.1, 0.15) is 5.69 Å². The monoisotopic (exact) mass is 427 g/mol. The van der Waals surface area contributed by atoms with E-state index in [1.807, 2.05) is 0 Å². The van der Waals surface area contributed by atoms with Gasteiger partial charge < -0.3 is 0 Å². The van der Waals surface area contributed by atoms with Crippen LogP contribution in [0.1, 0.15) is 45.2 Å². The molecule has 10 heteroatoms. The summed E-state index contributed by atoms with van der Waals surface area (Å²) in [6.07, 6.45) is -7.14. The zero-order valence-corrected chi connectivity index (χ0v) is 15.5. The molecule has 158 valence electrons. The van der Waals surface area contributed by atoms with Crippen LogP contribution in [0.3, 0.4) is 0 Å². The highest BCUT2D eigenvalue weighted by Gasteiger charge is 2.37. The van der Waals surface area contributed by atoms with Crippen LogP contribution in [0, 0.1) is 0 Å². The Balaban J connectivity index is 2.07. The minimum absolute atomic E-state index is 0.0406. The molecule has 30 heavy (non-hydrogen) atoms. The molecule has 0 amide bonds. The van der Waals surface area contributed by atoms with Crippen molar-refractivity contribution in [1.82, 2.24) is 14.8 Å². The summed E-state index contributed by atoms with van der Waals surface area (Å²) < 4.78 is 80.5. The maximum Gasteiger partial charge on any atom is 0.418 e. The van der Waals surface area contributed by atoms with E-state index in [1.54, 1.807) is 7.05 Å². The highest BCUT2D eigenvalue weighted by Crippen LogP contribution is 2.39. The van der Waals surface area contributed by atoms with E-state index in [-0.39, 0.29) is 11.3 Å². The molecular weight excluding hydrogens is 412 g/mol. The van der Waals surface area contributed by atoms with Crippen molar-refractivity contribution in [3.63, 3.8) is 0 Å². The molecular formula is C20H15F6N3O. The van der Waals surface area contributed by atoms with Crippen LogP contribution in [0.2, 0.25) is 0 Å². The number of carbonyl (C=O) groups is 1. The fourth-order valence-corrected chi connectivity index (χ4v) is 3.07. The van der Waals surface area contributed by atoms with Crippen LogP contribution in [-0.2, 0) is 19.4 Å². The van der Waals surface area contributed by atoms with Crippen molar-refractivity contribution < 1.29 is 31.1 Å². The van der Waals surface area contributed by atoms with Gasteiger partial charge in [-0.25, -0.2) is 0 Å². The SMILES string of the molecule is Cn1ccc(C(=O)C[C@@H](c2ccc(C(F)(F)F)cc2)c2ncccc2C(F)(F)F)n1. The van der Waals surface area contributed by atoms with Crippen LogP contribution < -0.4 is 0 Å². The molecule has 0 aliphatic heterocycles. The molecule has 1 atom stereocenters. The third-order valence-corrected chi connectivity index (χ3v) is 4.50. The van der Waals surface area contributed by atoms with Crippen molar-refractivity contribution in [3.8, 4) is 0 Å². The second-order valence-corrected chi connectivity index (χ2v) is 6.61. The van der Waals surface area contributed by atoms with Gasteiger partial charge >= 0.3 is 12.4 Å². The average molecular weight is 427 g/mol. The highest BCUT2D eigenvalue weighted by atomic mass is 19.4. The first kappa shape index (κ1) is 21.5. The van der Waals surface area contributed by atoms with Crippen LogP contribution in [0.25, 0.3) is 0 Å². The smallest absolute Gasteiger partial charge is 0.292 e. The molecule has 0 aliphatic carbocycles. The molecule has 0 bridgehead atoms. The Hall–Kier alpha value is -3.17. The van der Waals surface area contributed by atoms with Gasteiger partial charge in [0.05, 0.1) is 16.8 Å². The number of alkyl halides is 6. The molecule has 0 N–H and O–H groups in total. The van der Waals surface area contributed by atoms with Crippen LogP contribution in [0.4, 0.5) is 26.3 Å². The van der Waals surface area contributed by atoms with E-state index in [0.29, 0.717) is 0 Å². The summed E-state index contributed by atoms with van der Waals surface area (Å²) in [6, 6.07) is 7.01. The molecule has 0 spiro atoms. The Morgan fingerprint density at radius 3 is 2.20 bits per heavy atom. The molecule has 2 aromatic heterocycles. The Kier molecular flexibility index (Phi) is 5.69. The van der Waals surface area contributed by atoms with Gasteiger partial charge in [-0.3, -0.25) is 14.5 Å². The second kappa shape index (κ2) is 7.92. The van der Waals surface area contributed by atoms with Gasteiger partial charge in [-0.1, -0.05) is 12.1 Å². The maximum atomic E-state index is 13.5. The molecule has 0 saturated heterocycles. The molecule has 3 aromatic rings. The van der Waals surface area contributed by atoms with Crippen LogP contribution in [0.5, 0.6) is 0 Å². The number of carbonyl (C=O) groups excluding carboxylic acids is 1. The third kappa shape index (κ3) is 4.69. The van der Waals surface area contributed by atoms with Crippen molar-refractivity contribution in [2.24, 2.45) is 7.05 Å². The number of hydrogen-bond donors (Lipinski definition) is 0. The molecule has 0 unspecified atom stereocenters. The third-order valence-electron chi connectivity index (χ3n) is 4.50. The van der Waals surface area contributed by atoms with Crippen molar-refractivity contribution in [2.45, 2.75) is 24.7 Å². The van der Waals surface area contributed by atoms with Crippen LogP contribution >= 0.6 is 0 Å². The summed E-state index contributed by atoms with van der Waals surface area (Å²) in [4.78, 5) is 16.5. The summed E-state index contributed by atoms with van der Waals surface area (Å²) in [5.74, 6) is -1.76. The van der Waals surface area contributed by atoms with Crippen LogP contribution in [0.15, 0.2) is 54.9 Å². The molecule has 1 aromatic carbocycles. The topological polar surface area (TPSA) is 47.8 Å². The first-order valence-corrected chi connectivity index (χ1v) is 8.69. The van der Waals surface area contributed by atoms with E-state index in [9.17, 15) is 31.1 Å². The van der Waals surface area contributed by atoms with E-state index < -0.39 is 47.3 Å². The number of halogens is 6. The lowest BCUT2D eigenvalue weighted by Gasteiger charge is -2.21. The van der Waals surface area contributed by atoms with E-state index in [1.165, 1.54) is 16.9 Å². The zero-order chi connectivity index (χ0) is 22.1. The van der Waals surface area contributed by atoms with E-state index >= 15 is 0 Å². The highest BCUT2D eigenvalue weighted by molar-refractivity contribution is 5.95.